The third kappa shape index (κ3) is 4.95. The highest BCUT2D eigenvalue weighted by atomic mass is 35.5. The molecule has 0 aliphatic carbocycles. The third-order valence-electron chi connectivity index (χ3n) is 3.96. The van der Waals surface area contributed by atoms with Gasteiger partial charge in [-0.1, -0.05) is 35.9 Å². The van der Waals surface area contributed by atoms with Crippen LogP contribution in [0.2, 0.25) is 5.02 Å². The van der Waals surface area contributed by atoms with Gasteiger partial charge >= 0.3 is 0 Å². The third-order valence-corrected chi connectivity index (χ3v) is 4.21. The van der Waals surface area contributed by atoms with Crippen molar-refractivity contribution in [3.05, 3.63) is 81.9 Å². The molecule has 27 heavy (non-hydrogen) atoms. The molecule has 1 aromatic heterocycles. The topological polar surface area (TPSA) is 73.2 Å². The fourth-order valence-electron chi connectivity index (χ4n) is 2.52. The number of aromatic nitrogens is 2. The Labute approximate surface area is 161 Å². The normalized spacial score (nSPS) is 10.4. The van der Waals surface area contributed by atoms with Crippen LogP contribution in [0.4, 0.5) is 0 Å². The van der Waals surface area contributed by atoms with Crippen molar-refractivity contribution in [2.24, 2.45) is 0 Å². The van der Waals surface area contributed by atoms with Gasteiger partial charge in [-0.2, -0.15) is 0 Å². The van der Waals surface area contributed by atoms with E-state index in [1.807, 2.05) is 24.3 Å². The van der Waals surface area contributed by atoms with Crippen molar-refractivity contribution in [3.8, 4) is 17.0 Å². The Balaban J connectivity index is 1.64. The summed E-state index contributed by atoms with van der Waals surface area (Å²) in [5, 5.41) is 3.39. The van der Waals surface area contributed by atoms with Gasteiger partial charge in [-0.3, -0.25) is 14.2 Å². The zero-order chi connectivity index (χ0) is 19.2. The highest BCUT2D eigenvalue weighted by molar-refractivity contribution is 6.30. The number of nitrogens with zero attached hydrogens (tertiary/aromatic N) is 2. The molecule has 1 heterocycles. The summed E-state index contributed by atoms with van der Waals surface area (Å²) in [4.78, 5) is 28.7. The summed E-state index contributed by atoms with van der Waals surface area (Å²) < 4.78 is 6.42. The first-order valence-electron chi connectivity index (χ1n) is 8.27. The second-order valence-corrected chi connectivity index (χ2v) is 6.31. The van der Waals surface area contributed by atoms with Crippen LogP contribution in [-0.4, -0.2) is 22.6 Å². The Morgan fingerprint density at radius 1 is 1.19 bits per heavy atom. The van der Waals surface area contributed by atoms with Crippen LogP contribution in [0.1, 0.15) is 5.56 Å². The number of ether oxygens (including phenoxy) is 1. The lowest BCUT2D eigenvalue weighted by molar-refractivity contribution is -0.121. The molecular weight excluding hydrogens is 366 g/mol. The van der Waals surface area contributed by atoms with E-state index in [1.54, 1.807) is 31.4 Å². The predicted molar refractivity (Wildman–Crippen MR) is 104 cm³/mol. The van der Waals surface area contributed by atoms with E-state index in [2.05, 4.69) is 10.3 Å². The molecule has 0 atom stereocenters. The lowest BCUT2D eigenvalue weighted by Crippen LogP contribution is -2.31. The second-order valence-electron chi connectivity index (χ2n) is 5.88. The summed E-state index contributed by atoms with van der Waals surface area (Å²) in [5.41, 5.74) is 1.92. The highest BCUT2D eigenvalue weighted by Gasteiger charge is 2.07. The predicted octanol–water partition coefficient (Wildman–Crippen LogP) is 2.89. The van der Waals surface area contributed by atoms with Crippen molar-refractivity contribution in [1.82, 2.24) is 14.9 Å². The first kappa shape index (κ1) is 18.7. The van der Waals surface area contributed by atoms with Gasteiger partial charge in [0, 0.05) is 23.2 Å². The molecule has 0 aliphatic heterocycles. The second kappa shape index (κ2) is 8.51. The monoisotopic (exact) mass is 383 g/mol. The van der Waals surface area contributed by atoms with Gasteiger partial charge in [0.15, 0.2) is 0 Å². The maximum atomic E-state index is 12.3. The summed E-state index contributed by atoms with van der Waals surface area (Å²) in [5.74, 6) is 0.445. The Hall–Kier alpha value is -3.12. The molecule has 1 amide bonds. The largest absolute Gasteiger partial charge is 0.497 e. The van der Waals surface area contributed by atoms with E-state index in [1.165, 1.54) is 17.0 Å². The molecular formula is C20H18ClN3O3. The molecule has 3 aromatic rings. The number of halogens is 1. The van der Waals surface area contributed by atoms with Gasteiger partial charge in [-0.05, 0) is 29.8 Å². The molecule has 0 radical (unpaired) electrons. The fourth-order valence-corrected chi connectivity index (χ4v) is 2.64. The lowest BCUT2D eigenvalue weighted by atomic mass is 10.1. The first-order valence-corrected chi connectivity index (χ1v) is 8.65. The van der Waals surface area contributed by atoms with Crippen molar-refractivity contribution < 1.29 is 9.53 Å². The Kier molecular flexibility index (Phi) is 5.88. The van der Waals surface area contributed by atoms with Crippen LogP contribution in [0.5, 0.6) is 5.75 Å². The fraction of sp³-hybridized carbons (Fsp3) is 0.150. The minimum Gasteiger partial charge on any atom is -0.497 e. The molecule has 0 spiro atoms. The highest BCUT2D eigenvalue weighted by Crippen LogP contribution is 2.18. The maximum Gasteiger partial charge on any atom is 0.254 e. The number of rotatable bonds is 6. The van der Waals surface area contributed by atoms with Crippen molar-refractivity contribution in [1.29, 1.82) is 0 Å². The van der Waals surface area contributed by atoms with Crippen LogP contribution in [0, 0.1) is 0 Å². The summed E-state index contributed by atoms with van der Waals surface area (Å²) in [6, 6.07) is 15.9. The van der Waals surface area contributed by atoms with E-state index in [-0.39, 0.29) is 18.0 Å². The lowest BCUT2D eigenvalue weighted by Gasteiger charge is -2.09. The number of methoxy groups -OCH3 is 1. The van der Waals surface area contributed by atoms with E-state index >= 15 is 0 Å². The molecule has 138 valence electrons. The number of nitrogens with one attached hydrogen (secondary N) is 1. The number of hydrogen-bond acceptors (Lipinski definition) is 4. The molecule has 0 bridgehead atoms. The summed E-state index contributed by atoms with van der Waals surface area (Å²) >= 11 is 5.87. The zero-order valence-electron chi connectivity index (χ0n) is 14.7. The van der Waals surface area contributed by atoms with E-state index in [4.69, 9.17) is 16.3 Å². The SMILES string of the molecule is COc1cccc(CNC(=O)Cn2cnc(-c3ccc(Cl)cc3)cc2=O)c1. The van der Waals surface area contributed by atoms with Crippen LogP contribution in [0.3, 0.4) is 0 Å². The van der Waals surface area contributed by atoms with E-state index in [9.17, 15) is 9.59 Å². The Morgan fingerprint density at radius 2 is 1.96 bits per heavy atom. The quantitative estimate of drug-likeness (QED) is 0.710. The molecule has 0 unspecified atom stereocenters. The molecule has 0 saturated heterocycles. The van der Waals surface area contributed by atoms with Crippen LogP contribution >= 0.6 is 11.6 Å². The van der Waals surface area contributed by atoms with Gasteiger partial charge in [-0.15, -0.1) is 0 Å². The Morgan fingerprint density at radius 3 is 2.67 bits per heavy atom. The molecule has 0 fully saturated rings. The van der Waals surface area contributed by atoms with Gasteiger partial charge in [0.25, 0.3) is 5.56 Å². The Bertz CT molecular complexity index is 1000. The van der Waals surface area contributed by atoms with E-state index in [0.29, 0.717) is 17.3 Å². The van der Waals surface area contributed by atoms with E-state index in [0.717, 1.165) is 16.9 Å². The summed E-state index contributed by atoms with van der Waals surface area (Å²) in [6.45, 7) is 0.248. The molecule has 0 aliphatic rings. The van der Waals surface area contributed by atoms with Gasteiger partial charge in [0.1, 0.15) is 12.3 Å². The maximum absolute atomic E-state index is 12.3. The average molecular weight is 384 g/mol. The standard InChI is InChI=1S/C20H18ClN3O3/c1-27-17-4-2-3-14(9-17)11-22-19(25)12-24-13-23-18(10-20(24)26)15-5-7-16(21)8-6-15/h2-10,13H,11-12H2,1H3,(H,22,25). The number of amides is 1. The number of carbonyl (C=O) groups is 1. The van der Waals surface area contributed by atoms with Crippen LogP contribution in [0.15, 0.2) is 65.7 Å². The molecule has 2 aromatic carbocycles. The molecule has 7 heteroatoms. The number of hydrogen-bond donors (Lipinski definition) is 1. The molecule has 6 nitrogen and oxygen atoms in total. The smallest absolute Gasteiger partial charge is 0.254 e. The van der Waals surface area contributed by atoms with Gasteiger partial charge in [0.2, 0.25) is 5.91 Å². The van der Waals surface area contributed by atoms with Gasteiger partial charge < -0.3 is 10.1 Å². The minimum atomic E-state index is -0.300. The van der Waals surface area contributed by atoms with Crippen molar-refractivity contribution in [3.63, 3.8) is 0 Å². The number of carbonyl (C=O) groups excluding carboxylic acids is 1. The molecule has 3 rings (SSSR count). The average Bonchev–Trinajstić information content (AvgIpc) is 2.69. The van der Waals surface area contributed by atoms with Crippen molar-refractivity contribution >= 4 is 17.5 Å². The minimum absolute atomic E-state index is 0.100. The van der Waals surface area contributed by atoms with Crippen molar-refractivity contribution in [2.45, 2.75) is 13.1 Å². The van der Waals surface area contributed by atoms with Gasteiger partial charge in [-0.25, -0.2) is 4.98 Å². The molecule has 1 N–H and O–H groups in total. The summed E-state index contributed by atoms with van der Waals surface area (Å²) in [6.07, 6.45) is 1.37. The van der Waals surface area contributed by atoms with E-state index < -0.39 is 0 Å². The van der Waals surface area contributed by atoms with Crippen molar-refractivity contribution in [2.75, 3.05) is 7.11 Å². The van der Waals surface area contributed by atoms with Gasteiger partial charge in [0.05, 0.1) is 19.1 Å². The summed E-state index contributed by atoms with van der Waals surface area (Å²) in [7, 11) is 1.59. The number of benzene rings is 2. The van der Waals surface area contributed by atoms with Crippen LogP contribution in [0.25, 0.3) is 11.3 Å². The van der Waals surface area contributed by atoms with Crippen LogP contribution in [-0.2, 0) is 17.9 Å². The zero-order valence-corrected chi connectivity index (χ0v) is 15.4. The molecule has 0 saturated carbocycles. The van der Waals surface area contributed by atoms with Crippen LogP contribution < -0.4 is 15.6 Å². The first-order chi connectivity index (χ1) is 13.0.